The summed E-state index contributed by atoms with van der Waals surface area (Å²) in [5.41, 5.74) is 0.0608. The predicted molar refractivity (Wildman–Crippen MR) is 66.1 cm³/mol. The number of benzene rings is 1. The number of nitro benzene ring substituents is 1. The number of carbonyl (C=O) groups is 2. The Balaban J connectivity index is 3.22. The van der Waals surface area contributed by atoms with Crippen LogP contribution in [-0.4, -0.2) is 16.7 Å². The molecular weight excluding hydrogens is 236 g/mol. The third-order valence-corrected chi connectivity index (χ3v) is 2.33. The SMILES string of the molecule is CC(=O)N(C(=O)C(C)C)c1cccc([N+](=O)[O-])c1. The smallest absolute Gasteiger partial charge is 0.271 e. The van der Waals surface area contributed by atoms with Gasteiger partial charge in [0, 0.05) is 25.0 Å². The van der Waals surface area contributed by atoms with Gasteiger partial charge in [-0.15, -0.1) is 0 Å². The molecule has 0 saturated heterocycles. The van der Waals surface area contributed by atoms with Crippen molar-refractivity contribution in [2.75, 3.05) is 4.90 Å². The van der Waals surface area contributed by atoms with Crippen LogP contribution in [0.3, 0.4) is 0 Å². The van der Waals surface area contributed by atoms with Gasteiger partial charge in [0.2, 0.25) is 11.8 Å². The lowest BCUT2D eigenvalue weighted by Crippen LogP contribution is -2.38. The van der Waals surface area contributed by atoms with E-state index in [2.05, 4.69) is 0 Å². The molecule has 0 aliphatic carbocycles. The monoisotopic (exact) mass is 250 g/mol. The van der Waals surface area contributed by atoms with Crippen molar-refractivity contribution in [3.63, 3.8) is 0 Å². The Hall–Kier alpha value is -2.24. The molecule has 18 heavy (non-hydrogen) atoms. The van der Waals surface area contributed by atoms with Gasteiger partial charge in [-0.1, -0.05) is 19.9 Å². The van der Waals surface area contributed by atoms with Crippen LogP contribution in [0, 0.1) is 16.0 Å². The number of hydrogen-bond donors (Lipinski definition) is 0. The minimum Gasteiger partial charge on any atom is -0.274 e. The van der Waals surface area contributed by atoms with Crippen LogP contribution < -0.4 is 4.90 Å². The van der Waals surface area contributed by atoms with Gasteiger partial charge in [0.15, 0.2) is 0 Å². The fraction of sp³-hybridized carbons (Fsp3) is 0.333. The van der Waals surface area contributed by atoms with Gasteiger partial charge in [-0.25, -0.2) is 0 Å². The fourth-order valence-electron chi connectivity index (χ4n) is 1.47. The normalized spacial score (nSPS) is 10.2. The predicted octanol–water partition coefficient (Wildman–Crippen LogP) is 2.13. The average molecular weight is 250 g/mol. The van der Waals surface area contributed by atoms with Crippen LogP contribution in [0.1, 0.15) is 20.8 Å². The van der Waals surface area contributed by atoms with Crippen molar-refractivity contribution in [2.24, 2.45) is 5.92 Å². The average Bonchev–Trinajstić information content (AvgIpc) is 2.28. The Morgan fingerprint density at radius 3 is 2.39 bits per heavy atom. The summed E-state index contributed by atoms with van der Waals surface area (Å²) >= 11 is 0. The molecule has 0 aliphatic heterocycles. The summed E-state index contributed by atoms with van der Waals surface area (Å²) in [7, 11) is 0. The maximum atomic E-state index is 11.9. The zero-order chi connectivity index (χ0) is 13.9. The summed E-state index contributed by atoms with van der Waals surface area (Å²) in [5, 5.41) is 10.7. The summed E-state index contributed by atoms with van der Waals surface area (Å²) in [4.78, 5) is 34.5. The first kappa shape index (κ1) is 13.8. The summed E-state index contributed by atoms with van der Waals surface area (Å²) in [6, 6.07) is 5.45. The van der Waals surface area contributed by atoms with Crippen molar-refractivity contribution in [1.29, 1.82) is 0 Å². The van der Waals surface area contributed by atoms with Crippen molar-refractivity contribution in [2.45, 2.75) is 20.8 Å². The van der Waals surface area contributed by atoms with Crippen molar-refractivity contribution in [1.82, 2.24) is 0 Å². The van der Waals surface area contributed by atoms with E-state index in [1.807, 2.05) is 0 Å². The molecule has 0 unspecified atom stereocenters. The van der Waals surface area contributed by atoms with Crippen LogP contribution in [0.15, 0.2) is 24.3 Å². The third-order valence-electron chi connectivity index (χ3n) is 2.33. The zero-order valence-corrected chi connectivity index (χ0v) is 10.4. The van der Waals surface area contributed by atoms with Crippen molar-refractivity contribution in [3.05, 3.63) is 34.4 Å². The van der Waals surface area contributed by atoms with Crippen LogP contribution in [0.25, 0.3) is 0 Å². The number of imide groups is 1. The Bertz CT molecular complexity index is 497. The first-order valence-electron chi connectivity index (χ1n) is 5.43. The van der Waals surface area contributed by atoms with E-state index in [-0.39, 0.29) is 23.2 Å². The summed E-state index contributed by atoms with van der Waals surface area (Å²) in [6.45, 7) is 4.57. The Morgan fingerprint density at radius 2 is 1.94 bits per heavy atom. The standard InChI is InChI=1S/C12H14N2O4/c1-8(2)12(16)13(9(3)15)10-5-4-6-11(7-10)14(17)18/h4-8H,1-3H3. The second-order valence-electron chi connectivity index (χ2n) is 4.12. The molecule has 96 valence electrons. The molecule has 0 N–H and O–H groups in total. The topological polar surface area (TPSA) is 80.5 Å². The van der Waals surface area contributed by atoms with Gasteiger partial charge >= 0.3 is 0 Å². The second kappa shape index (κ2) is 5.39. The van der Waals surface area contributed by atoms with Gasteiger partial charge in [-0.3, -0.25) is 24.6 Å². The van der Waals surface area contributed by atoms with Crippen LogP contribution in [-0.2, 0) is 9.59 Å². The lowest BCUT2D eigenvalue weighted by molar-refractivity contribution is -0.384. The van der Waals surface area contributed by atoms with Gasteiger partial charge in [0.25, 0.3) is 5.69 Å². The van der Waals surface area contributed by atoms with E-state index in [0.717, 1.165) is 4.90 Å². The van der Waals surface area contributed by atoms with Crippen molar-refractivity contribution in [3.8, 4) is 0 Å². The molecule has 0 bridgehead atoms. The van der Waals surface area contributed by atoms with E-state index < -0.39 is 10.8 Å². The van der Waals surface area contributed by atoms with Gasteiger partial charge in [-0.2, -0.15) is 0 Å². The zero-order valence-electron chi connectivity index (χ0n) is 10.4. The van der Waals surface area contributed by atoms with Gasteiger partial charge in [0.1, 0.15) is 0 Å². The highest BCUT2D eigenvalue weighted by Gasteiger charge is 2.23. The second-order valence-corrected chi connectivity index (χ2v) is 4.12. The highest BCUT2D eigenvalue weighted by molar-refractivity contribution is 6.14. The van der Waals surface area contributed by atoms with E-state index >= 15 is 0 Å². The van der Waals surface area contributed by atoms with Crippen LogP contribution in [0.4, 0.5) is 11.4 Å². The quantitative estimate of drug-likeness (QED) is 0.608. The maximum absolute atomic E-state index is 11.9. The van der Waals surface area contributed by atoms with Crippen LogP contribution >= 0.6 is 0 Å². The molecule has 0 aromatic heterocycles. The van der Waals surface area contributed by atoms with Crippen LogP contribution in [0.2, 0.25) is 0 Å². The highest BCUT2D eigenvalue weighted by Crippen LogP contribution is 2.22. The van der Waals surface area contributed by atoms with Gasteiger partial charge in [-0.05, 0) is 6.07 Å². The molecule has 6 nitrogen and oxygen atoms in total. The molecule has 1 aromatic rings. The van der Waals surface area contributed by atoms with Crippen LogP contribution in [0.5, 0.6) is 0 Å². The van der Waals surface area contributed by atoms with E-state index in [9.17, 15) is 19.7 Å². The van der Waals surface area contributed by atoms with Gasteiger partial charge in [0.05, 0.1) is 10.6 Å². The van der Waals surface area contributed by atoms with Crippen molar-refractivity contribution >= 4 is 23.2 Å². The first-order valence-corrected chi connectivity index (χ1v) is 5.43. The van der Waals surface area contributed by atoms with E-state index in [0.29, 0.717) is 0 Å². The molecule has 0 spiro atoms. The Morgan fingerprint density at radius 1 is 1.33 bits per heavy atom. The van der Waals surface area contributed by atoms with E-state index in [4.69, 9.17) is 0 Å². The molecule has 0 atom stereocenters. The molecular formula is C12H14N2O4. The maximum Gasteiger partial charge on any atom is 0.271 e. The number of nitrogens with zero attached hydrogens (tertiary/aromatic N) is 2. The highest BCUT2D eigenvalue weighted by atomic mass is 16.6. The molecule has 0 saturated carbocycles. The number of rotatable bonds is 3. The molecule has 6 heteroatoms. The summed E-state index contributed by atoms with van der Waals surface area (Å²) in [5.74, 6) is -1.22. The molecule has 2 amide bonds. The molecule has 1 rings (SSSR count). The minimum absolute atomic E-state index is 0.157. The minimum atomic E-state index is -0.568. The lowest BCUT2D eigenvalue weighted by atomic mass is 10.1. The Labute approximate surface area is 104 Å². The molecule has 1 aromatic carbocycles. The van der Waals surface area contributed by atoms with Crippen molar-refractivity contribution < 1.29 is 14.5 Å². The Kier molecular flexibility index (Phi) is 4.14. The fourth-order valence-corrected chi connectivity index (χ4v) is 1.47. The lowest BCUT2D eigenvalue weighted by Gasteiger charge is -2.20. The number of nitro groups is 1. The molecule has 0 heterocycles. The largest absolute Gasteiger partial charge is 0.274 e. The molecule has 0 radical (unpaired) electrons. The third kappa shape index (κ3) is 2.91. The number of carbonyl (C=O) groups excluding carboxylic acids is 2. The first-order chi connectivity index (χ1) is 8.34. The summed E-state index contributed by atoms with van der Waals surface area (Å²) < 4.78 is 0. The van der Waals surface area contributed by atoms with E-state index in [1.54, 1.807) is 13.8 Å². The van der Waals surface area contributed by atoms with Gasteiger partial charge < -0.3 is 0 Å². The number of non-ortho nitro benzene ring substituents is 1. The number of anilines is 1. The molecule has 0 fully saturated rings. The molecule has 0 aliphatic rings. The number of hydrogen-bond acceptors (Lipinski definition) is 4. The summed E-state index contributed by atoms with van der Waals surface area (Å²) in [6.07, 6.45) is 0. The van der Waals surface area contributed by atoms with E-state index in [1.165, 1.54) is 31.2 Å². The number of amides is 2.